The van der Waals surface area contributed by atoms with E-state index in [1.807, 2.05) is 12.1 Å². The average Bonchev–Trinajstić information content (AvgIpc) is 3.46. The van der Waals surface area contributed by atoms with Crippen LogP contribution in [-0.4, -0.2) is 68.6 Å². The van der Waals surface area contributed by atoms with Crippen LogP contribution in [0.3, 0.4) is 0 Å². The molecule has 1 saturated heterocycles. The summed E-state index contributed by atoms with van der Waals surface area (Å²) in [7, 11) is 0. The van der Waals surface area contributed by atoms with Crippen molar-refractivity contribution in [3.63, 3.8) is 0 Å². The summed E-state index contributed by atoms with van der Waals surface area (Å²) >= 11 is 0. The number of amides is 1. The first-order chi connectivity index (χ1) is 15.6. The molecular formula is C22H22FN7O2. The third-order valence-corrected chi connectivity index (χ3v) is 5.37. The fraction of sp³-hybridized carbons (Fsp3) is 0.273. The monoisotopic (exact) mass is 435 g/mol. The zero-order chi connectivity index (χ0) is 21.9. The predicted octanol–water partition coefficient (Wildman–Crippen LogP) is 2.41. The standard InChI is InChI=1S/C22H22FN7O2/c23-15-1-4-17(5-2-15)30-14-20(27-28-30)22(31)24-16-3-6-18-19(13-16)26-21(25-18)7-8-29-9-11-32-12-10-29/h1-6,13-14H,7-12H2,(H,24,31)(H,25,26). The van der Waals surface area contributed by atoms with Crippen molar-refractivity contribution in [1.82, 2.24) is 29.9 Å². The van der Waals surface area contributed by atoms with E-state index >= 15 is 0 Å². The van der Waals surface area contributed by atoms with E-state index in [0.717, 1.165) is 56.1 Å². The number of ether oxygens (including phenoxy) is 1. The Kier molecular flexibility index (Phi) is 5.61. The first kappa shape index (κ1) is 20.3. The Bertz CT molecular complexity index is 1230. The predicted molar refractivity (Wildman–Crippen MR) is 116 cm³/mol. The maximum atomic E-state index is 13.1. The minimum absolute atomic E-state index is 0.158. The molecule has 2 aromatic carbocycles. The Balaban J connectivity index is 1.24. The van der Waals surface area contributed by atoms with Crippen LogP contribution in [0.25, 0.3) is 16.7 Å². The molecule has 32 heavy (non-hydrogen) atoms. The number of nitrogens with one attached hydrogen (secondary N) is 2. The summed E-state index contributed by atoms with van der Waals surface area (Å²) in [6.07, 6.45) is 2.32. The molecule has 2 N–H and O–H groups in total. The van der Waals surface area contributed by atoms with Gasteiger partial charge in [0.05, 0.1) is 36.1 Å². The number of morpholine rings is 1. The highest BCUT2D eigenvalue weighted by Gasteiger charge is 2.14. The molecule has 1 fully saturated rings. The number of imidazole rings is 1. The van der Waals surface area contributed by atoms with Gasteiger partial charge in [-0.15, -0.1) is 5.10 Å². The number of H-pyrrole nitrogens is 1. The highest BCUT2D eigenvalue weighted by atomic mass is 19.1. The number of carbonyl (C=O) groups excluding carboxylic acids is 1. The third-order valence-electron chi connectivity index (χ3n) is 5.37. The lowest BCUT2D eigenvalue weighted by Crippen LogP contribution is -2.37. The van der Waals surface area contributed by atoms with Gasteiger partial charge in [0.1, 0.15) is 11.6 Å². The van der Waals surface area contributed by atoms with Gasteiger partial charge in [0.15, 0.2) is 5.69 Å². The van der Waals surface area contributed by atoms with E-state index in [1.54, 1.807) is 18.2 Å². The number of hydrogen-bond acceptors (Lipinski definition) is 6. The van der Waals surface area contributed by atoms with Crippen LogP contribution >= 0.6 is 0 Å². The Morgan fingerprint density at radius 3 is 2.78 bits per heavy atom. The zero-order valence-electron chi connectivity index (χ0n) is 17.3. The van der Waals surface area contributed by atoms with Crippen molar-refractivity contribution < 1.29 is 13.9 Å². The highest BCUT2D eigenvalue weighted by Crippen LogP contribution is 2.18. The molecule has 1 aliphatic rings. The molecule has 0 radical (unpaired) electrons. The van der Waals surface area contributed by atoms with Crippen LogP contribution in [0.5, 0.6) is 0 Å². The third kappa shape index (κ3) is 4.51. The first-order valence-corrected chi connectivity index (χ1v) is 10.4. The van der Waals surface area contributed by atoms with E-state index in [9.17, 15) is 9.18 Å². The molecule has 0 atom stereocenters. The van der Waals surface area contributed by atoms with Crippen LogP contribution < -0.4 is 5.32 Å². The lowest BCUT2D eigenvalue weighted by molar-refractivity contribution is 0.0382. The van der Waals surface area contributed by atoms with Gasteiger partial charge in [0.2, 0.25) is 0 Å². The van der Waals surface area contributed by atoms with Crippen molar-refractivity contribution in [2.75, 3.05) is 38.2 Å². The van der Waals surface area contributed by atoms with Crippen LogP contribution in [0.15, 0.2) is 48.7 Å². The second-order valence-corrected chi connectivity index (χ2v) is 7.60. The lowest BCUT2D eigenvalue weighted by atomic mass is 10.2. The summed E-state index contributed by atoms with van der Waals surface area (Å²) in [6.45, 7) is 4.38. The van der Waals surface area contributed by atoms with Crippen molar-refractivity contribution in [3.8, 4) is 5.69 Å². The number of carbonyl (C=O) groups is 1. The number of anilines is 1. The molecule has 9 nitrogen and oxygen atoms in total. The molecule has 10 heteroatoms. The number of rotatable bonds is 6. The molecular weight excluding hydrogens is 413 g/mol. The van der Waals surface area contributed by atoms with Gasteiger partial charge in [0.25, 0.3) is 5.91 Å². The second-order valence-electron chi connectivity index (χ2n) is 7.60. The smallest absolute Gasteiger partial charge is 0.277 e. The van der Waals surface area contributed by atoms with Crippen LogP contribution in [0, 0.1) is 5.82 Å². The minimum atomic E-state index is -0.384. The molecule has 0 bridgehead atoms. The molecule has 0 saturated carbocycles. The fourth-order valence-corrected chi connectivity index (χ4v) is 3.63. The second kappa shape index (κ2) is 8.85. The van der Waals surface area contributed by atoms with Gasteiger partial charge in [-0.25, -0.2) is 14.1 Å². The van der Waals surface area contributed by atoms with E-state index in [0.29, 0.717) is 11.4 Å². The topological polar surface area (TPSA) is 101 Å². The number of halogens is 1. The number of aromatic nitrogens is 5. The van der Waals surface area contributed by atoms with Gasteiger partial charge < -0.3 is 15.0 Å². The van der Waals surface area contributed by atoms with Gasteiger partial charge >= 0.3 is 0 Å². The summed E-state index contributed by atoms with van der Waals surface area (Å²) in [5, 5.41) is 10.7. The summed E-state index contributed by atoms with van der Waals surface area (Å²) < 4.78 is 19.9. The van der Waals surface area contributed by atoms with Crippen LogP contribution in [-0.2, 0) is 11.2 Å². The molecule has 3 heterocycles. The Morgan fingerprint density at radius 1 is 1.16 bits per heavy atom. The molecule has 1 amide bonds. The Hall–Kier alpha value is -3.63. The summed E-state index contributed by atoms with van der Waals surface area (Å²) in [5.41, 5.74) is 3.10. The van der Waals surface area contributed by atoms with E-state index in [-0.39, 0.29) is 17.4 Å². The normalized spacial score (nSPS) is 14.7. The van der Waals surface area contributed by atoms with Crippen molar-refractivity contribution in [2.45, 2.75) is 6.42 Å². The average molecular weight is 435 g/mol. The number of fused-ring (bicyclic) bond motifs is 1. The van der Waals surface area contributed by atoms with Crippen molar-refractivity contribution in [2.24, 2.45) is 0 Å². The Labute approximate surface area is 183 Å². The molecule has 2 aromatic heterocycles. The number of benzene rings is 2. The van der Waals surface area contributed by atoms with E-state index in [4.69, 9.17) is 4.74 Å². The molecule has 0 unspecified atom stereocenters. The van der Waals surface area contributed by atoms with E-state index in [1.165, 1.54) is 23.0 Å². The maximum Gasteiger partial charge on any atom is 0.277 e. The molecule has 0 spiro atoms. The largest absolute Gasteiger partial charge is 0.379 e. The minimum Gasteiger partial charge on any atom is -0.379 e. The lowest BCUT2D eigenvalue weighted by Gasteiger charge is -2.25. The summed E-state index contributed by atoms with van der Waals surface area (Å²) in [5.74, 6) is 0.187. The first-order valence-electron chi connectivity index (χ1n) is 10.4. The number of hydrogen-bond donors (Lipinski definition) is 2. The van der Waals surface area contributed by atoms with Gasteiger partial charge in [-0.2, -0.15) is 0 Å². The fourth-order valence-electron chi connectivity index (χ4n) is 3.63. The number of aromatic amines is 1. The van der Waals surface area contributed by atoms with Crippen molar-refractivity contribution in [1.29, 1.82) is 0 Å². The summed E-state index contributed by atoms with van der Waals surface area (Å²) in [4.78, 5) is 22.9. The SMILES string of the molecule is O=C(Nc1ccc2nc(CCN3CCOCC3)[nH]c2c1)c1cn(-c2ccc(F)cc2)nn1. The van der Waals surface area contributed by atoms with E-state index in [2.05, 4.69) is 30.5 Å². The van der Waals surface area contributed by atoms with Gasteiger partial charge in [-0.3, -0.25) is 9.69 Å². The van der Waals surface area contributed by atoms with E-state index < -0.39 is 0 Å². The molecule has 164 valence electrons. The maximum absolute atomic E-state index is 13.1. The van der Waals surface area contributed by atoms with Crippen LogP contribution in [0.1, 0.15) is 16.3 Å². The Morgan fingerprint density at radius 2 is 1.97 bits per heavy atom. The zero-order valence-corrected chi connectivity index (χ0v) is 17.3. The van der Waals surface area contributed by atoms with Gasteiger partial charge in [-0.05, 0) is 42.5 Å². The molecule has 1 aliphatic heterocycles. The molecule has 0 aliphatic carbocycles. The van der Waals surface area contributed by atoms with Gasteiger partial charge in [0, 0.05) is 31.7 Å². The van der Waals surface area contributed by atoms with Crippen molar-refractivity contribution in [3.05, 3.63) is 66.0 Å². The summed E-state index contributed by atoms with van der Waals surface area (Å²) in [6, 6.07) is 11.3. The highest BCUT2D eigenvalue weighted by molar-refractivity contribution is 6.03. The van der Waals surface area contributed by atoms with Crippen LogP contribution in [0.4, 0.5) is 10.1 Å². The van der Waals surface area contributed by atoms with Crippen molar-refractivity contribution >= 4 is 22.6 Å². The molecule has 5 rings (SSSR count). The van der Waals surface area contributed by atoms with Gasteiger partial charge in [-0.1, -0.05) is 5.21 Å². The number of nitrogens with zero attached hydrogens (tertiary/aromatic N) is 5. The molecule has 4 aromatic rings. The quantitative estimate of drug-likeness (QED) is 0.482. The van der Waals surface area contributed by atoms with Crippen LogP contribution in [0.2, 0.25) is 0 Å².